The zero-order valence-electron chi connectivity index (χ0n) is 11.2. The third-order valence-corrected chi connectivity index (χ3v) is 4.03. The largest absolute Gasteiger partial charge is 0.370 e. The molecule has 3 heterocycles. The molecule has 19 heavy (non-hydrogen) atoms. The lowest BCUT2D eigenvalue weighted by Crippen LogP contribution is -2.08. The molecule has 1 aliphatic rings. The molecule has 1 aliphatic heterocycles. The van der Waals surface area contributed by atoms with Crippen LogP contribution in [0.4, 0.5) is 5.82 Å². The molecular formula is C13H17N5S. The first kappa shape index (κ1) is 12.5. The van der Waals surface area contributed by atoms with E-state index in [0.717, 1.165) is 47.5 Å². The minimum atomic E-state index is 0.723. The van der Waals surface area contributed by atoms with E-state index in [0.29, 0.717) is 0 Å². The van der Waals surface area contributed by atoms with Crippen LogP contribution in [0.2, 0.25) is 0 Å². The molecule has 5 nitrogen and oxygen atoms in total. The highest BCUT2D eigenvalue weighted by Crippen LogP contribution is 2.34. The number of aryl methyl sites for hydroxylation is 1. The summed E-state index contributed by atoms with van der Waals surface area (Å²) in [6.07, 6.45) is 3.00. The van der Waals surface area contributed by atoms with E-state index in [9.17, 15) is 0 Å². The van der Waals surface area contributed by atoms with Gasteiger partial charge < -0.3 is 5.32 Å². The van der Waals surface area contributed by atoms with Crippen molar-refractivity contribution in [3.05, 3.63) is 23.5 Å². The van der Waals surface area contributed by atoms with E-state index in [1.807, 2.05) is 31.1 Å². The minimum absolute atomic E-state index is 0.723. The quantitative estimate of drug-likeness (QED) is 0.929. The van der Waals surface area contributed by atoms with Crippen LogP contribution in [0, 0.1) is 0 Å². The maximum Gasteiger partial charge on any atom is 0.182 e. The third kappa shape index (κ3) is 2.45. The maximum absolute atomic E-state index is 4.66. The van der Waals surface area contributed by atoms with E-state index in [1.54, 1.807) is 4.68 Å². The third-order valence-electron chi connectivity index (χ3n) is 3.06. The first-order chi connectivity index (χ1) is 9.28. The predicted molar refractivity (Wildman–Crippen MR) is 78.0 cm³/mol. The minimum Gasteiger partial charge on any atom is -0.370 e. The molecular weight excluding hydrogens is 258 g/mol. The van der Waals surface area contributed by atoms with Gasteiger partial charge in [0.15, 0.2) is 5.82 Å². The van der Waals surface area contributed by atoms with Gasteiger partial charge in [-0.3, -0.25) is 4.68 Å². The van der Waals surface area contributed by atoms with Crippen molar-refractivity contribution in [3.8, 4) is 11.5 Å². The molecule has 3 rings (SSSR count). The molecule has 0 fully saturated rings. The Balaban J connectivity index is 2.02. The van der Waals surface area contributed by atoms with E-state index < -0.39 is 0 Å². The van der Waals surface area contributed by atoms with E-state index >= 15 is 0 Å². The van der Waals surface area contributed by atoms with Crippen molar-refractivity contribution in [1.82, 2.24) is 19.7 Å². The zero-order chi connectivity index (χ0) is 13.2. The first-order valence-electron chi connectivity index (χ1n) is 6.49. The van der Waals surface area contributed by atoms with Crippen molar-refractivity contribution in [2.45, 2.75) is 24.9 Å². The van der Waals surface area contributed by atoms with Gasteiger partial charge in [0.1, 0.15) is 11.5 Å². The Labute approximate surface area is 116 Å². The highest BCUT2D eigenvalue weighted by Gasteiger charge is 2.20. The topological polar surface area (TPSA) is 55.6 Å². The highest BCUT2D eigenvalue weighted by atomic mass is 32.2. The normalized spacial score (nSPS) is 13.6. The van der Waals surface area contributed by atoms with Crippen LogP contribution in [0.15, 0.2) is 12.3 Å². The van der Waals surface area contributed by atoms with Gasteiger partial charge in [-0.1, -0.05) is 6.92 Å². The van der Waals surface area contributed by atoms with Gasteiger partial charge in [0.2, 0.25) is 0 Å². The van der Waals surface area contributed by atoms with E-state index in [2.05, 4.69) is 27.3 Å². The van der Waals surface area contributed by atoms with Gasteiger partial charge in [-0.2, -0.15) is 16.9 Å². The van der Waals surface area contributed by atoms with Crippen molar-refractivity contribution < 1.29 is 0 Å². The van der Waals surface area contributed by atoms with Gasteiger partial charge in [-0.15, -0.1) is 0 Å². The van der Waals surface area contributed by atoms with Crippen molar-refractivity contribution in [2.24, 2.45) is 7.05 Å². The monoisotopic (exact) mass is 275 g/mol. The lowest BCUT2D eigenvalue weighted by atomic mass is 10.2. The standard InChI is InChI=1S/C13H17N5S/c1-3-5-14-12-9-7-19-8-11(9)15-13(16-12)10-4-6-18(2)17-10/h4,6H,3,5,7-8H2,1-2H3,(H,14,15,16). The van der Waals surface area contributed by atoms with Crippen molar-refractivity contribution in [1.29, 1.82) is 0 Å². The summed E-state index contributed by atoms with van der Waals surface area (Å²) < 4.78 is 1.78. The Morgan fingerprint density at radius 3 is 3.00 bits per heavy atom. The average Bonchev–Trinajstić information content (AvgIpc) is 3.03. The number of aromatic nitrogens is 4. The van der Waals surface area contributed by atoms with Crippen molar-refractivity contribution in [2.75, 3.05) is 11.9 Å². The van der Waals surface area contributed by atoms with Crippen LogP contribution < -0.4 is 5.32 Å². The molecule has 2 aromatic rings. The summed E-state index contributed by atoms with van der Waals surface area (Å²) in [5.41, 5.74) is 3.25. The fourth-order valence-corrected chi connectivity index (χ4v) is 3.13. The fraction of sp³-hybridized carbons (Fsp3) is 0.462. The SMILES string of the molecule is CCCNc1nc(-c2ccn(C)n2)nc2c1CSC2. The predicted octanol–water partition coefficient (Wildman–Crippen LogP) is 2.45. The van der Waals surface area contributed by atoms with Crippen LogP contribution in [0.3, 0.4) is 0 Å². The lowest BCUT2D eigenvalue weighted by Gasteiger charge is -2.10. The summed E-state index contributed by atoms with van der Waals surface area (Å²) in [6.45, 7) is 3.10. The smallest absolute Gasteiger partial charge is 0.182 e. The fourth-order valence-electron chi connectivity index (χ4n) is 2.09. The van der Waals surface area contributed by atoms with E-state index in [-0.39, 0.29) is 0 Å². The summed E-state index contributed by atoms with van der Waals surface area (Å²) >= 11 is 1.89. The Morgan fingerprint density at radius 1 is 1.37 bits per heavy atom. The van der Waals surface area contributed by atoms with Crippen LogP contribution >= 0.6 is 11.8 Å². The van der Waals surface area contributed by atoms with Crippen LogP contribution in [0.25, 0.3) is 11.5 Å². The van der Waals surface area contributed by atoms with Crippen molar-refractivity contribution in [3.63, 3.8) is 0 Å². The molecule has 1 N–H and O–H groups in total. The van der Waals surface area contributed by atoms with Crippen LogP contribution in [-0.4, -0.2) is 26.3 Å². The van der Waals surface area contributed by atoms with Gasteiger partial charge in [0.05, 0.1) is 5.69 Å². The summed E-state index contributed by atoms with van der Waals surface area (Å²) in [5.74, 6) is 3.68. The molecule has 6 heteroatoms. The molecule has 0 radical (unpaired) electrons. The second kappa shape index (κ2) is 5.21. The van der Waals surface area contributed by atoms with Crippen molar-refractivity contribution >= 4 is 17.6 Å². The van der Waals surface area contributed by atoms with Gasteiger partial charge in [-0.25, -0.2) is 9.97 Å². The number of rotatable bonds is 4. The lowest BCUT2D eigenvalue weighted by molar-refractivity contribution is 0.768. The number of nitrogens with one attached hydrogen (secondary N) is 1. The zero-order valence-corrected chi connectivity index (χ0v) is 12.0. The summed E-state index contributed by atoms with van der Waals surface area (Å²) in [7, 11) is 1.91. The van der Waals surface area contributed by atoms with Crippen LogP contribution in [-0.2, 0) is 18.6 Å². The van der Waals surface area contributed by atoms with Crippen LogP contribution in [0.1, 0.15) is 24.6 Å². The number of hydrogen-bond acceptors (Lipinski definition) is 5. The molecule has 0 saturated carbocycles. The number of nitrogens with zero attached hydrogens (tertiary/aromatic N) is 4. The van der Waals surface area contributed by atoms with Gasteiger partial charge in [-0.05, 0) is 12.5 Å². The van der Waals surface area contributed by atoms with Gasteiger partial charge >= 0.3 is 0 Å². The summed E-state index contributed by atoms with van der Waals surface area (Å²) in [4.78, 5) is 9.31. The van der Waals surface area contributed by atoms with Crippen LogP contribution in [0.5, 0.6) is 0 Å². The van der Waals surface area contributed by atoms with E-state index in [1.165, 1.54) is 5.56 Å². The second-order valence-electron chi connectivity index (χ2n) is 4.62. The number of hydrogen-bond donors (Lipinski definition) is 1. The second-order valence-corrected chi connectivity index (χ2v) is 5.60. The molecule has 0 atom stereocenters. The Bertz CT molecular complexity index is 593. The number of fused-ring (bicyclic) bond motifs is 1. The first-order valence-corrected chi connectivity index (χ1v) is 7.65. The molecule has 100 valence electrons. The number of anilines is 1. The number of thioether (sulfide) groups is 1. The summed E-state index contributed by atoms with van der Waals surface area (Å²) in [5, 5.41) is 7.80. The Kier molecular flexibility index (Phi) is 3.42. The highest BCUT2D eigenvalue weighted by molar-refractivity contribution is 7.98. The molecule has 0 aromatic carbocycles. The molecule has 0 spiro atoms. The molecule has 0 bridgehead atoms. The van der Waals surface area contributed by atoms with Gasteiger partial charge in [0, 0.05) is 36.9 Å². The maximum atomic E-state index is 4.66. The van der Waals surface area contributed by atoms with E-state index in [4.69, 9.17) is 0 Å². The Morgan fingerprint density at radius 2 is 2.26 bits per heavy atom. The summed E-state index contributed by atoms with van der Waals surface area (Å²) in [6, 6.07) is 1.95. The average molecular weight is 275 g/mol. The molecule has 0 amide bonds. The molecule has 0 unspecified atom stereocenters. The molecule has 2 aromatic heterocycles. The molecule has 0 aliphatic carbocycles. The Hall–Kier alpha value is -1.56. The van der Waals surface area contributed by atoms with Gasteiger partial charge in [0.25, 0.3) is 0 Å². The molecule has 0 saturated heterocycles.